The predicted molar refractivity (Wildman–Crippen MR) is 99.6 cm³/mol. The monoisotopic (exact) mass is 364 g/mol. The first-order chi connectivity index (χ1) is 13.1. The van der Waals surface area contributed by atoms with E-state index in [4.69, 9.17) is 4.74 Å². The fraction of sp³-hybridized carbons (Fsp3) is 0.364. The van der Waals surface area contributed by atoms with Gasteiger partial charge in [0.05, 0.1) is 6.54 Å². The molecule has 1 saturated heterocycles. The first-order valence-electron chi connectivity index (χ1n) is 9.34. The number of rotatable bonds is 2. The molecule has 1 aromatic heterocycles. The van der Waals surface area contributed by atoms with Crippen molar-refractivity contribution in [3.8, 4) is 11.8 Å². The number of pyridine rings is 1. The summed E-state index contributed by atoms with van der Waals surface area (Å²) >= 11 is 0. The Morgan fingerprint density at radius 3 is 2.96 bits per heavy atom. The summed E-state index contributed by atoms with van der Waals surface area (Å²) in [6, 6.07) is 8.19. The number of nitrogens with zero attached hydrogens (tertiary/aromatic N) is 2. The summed E-state index contributed by atoms with van der Waals surface area (Å²) in [4.78, 5) is 18.7. The minimum atomic E-state index is -0.622. The molecular formula is C22H21FN2O2. The topological polar surface area (TPSA) is 42.4 Å². The molecule has 2 aromatic rings. The van der Waals surface area contributed by atoms with Crippen LogP contribution in [-0.2, 0) is 16.8 Å². The maximum absolute atomic E-state index is 13.3. The molecule has 27 heavy (non-hydrogen) atoms. The van der Waals surface area contributed by atoms with Crippen LogP contribution in [-0.4, -0.2) is 29.1 Å². The summed E-state index contributed by atoms with van der Waals surface area (Å²) in [5.74, 6) is 5.73. The molecule has 0 saturated carbocycles. The second kappa shape index (κ2) is 7.03. The van der Waals surface area contributed by atoms with Gasteiger partial charge in [-0.2, -0.15) is 0 Å². The Labute approximate surface area is 158 Å². The van der Waals surface area contributed by atoms with Gasteiger partial charge in [-0.15, -0.1) is 0 Å². The van der Waals surface area contributed by atoms with Gasteiger partial charge in [0.25, 0.3) is 0 Å². The molecule has 1 unspecified atom stereocenters. The highest BCUT2D eigenvalue weighted by atomic mass is 19.1. The van der Waals surface area contributed by atoms with E-state index in [1.165, 1.54) is 12.1 Å². The maximum atomic E-state index is 13.3. The molecule has 1 aliphatic heterocycles. The molecule has 4 rings (SSSR count). The molecule has 2 aliphatic rings. The third-order valence-corrected chi connectivity index (χ3v) is 5.11. The number of aromatic nitrogens is 1. The summed E-state index contributed by atoms with van der Waals surface area (Å²) in [5, 5.41) is 0. The molecule has 1 aliphatic carbocycles. The van der Waals surface area contributed by atoms with Crippen LogP contribution in [0.1, 0.15) is 48.6 Å². The summed E-state index contributed by atoms with van der Waals surface area (Å²) in [6.07, 6.45) is 5.01. The van der Waals surface area contributed by atoms with E-state index in [0.717, 1.165) is 42.5 Å². The van der Waals surface area contributed by atoms with Gasteiger partial charge >= 0.3 is 6.09 Å². The van der Waals surface area contributed by atoms with Crippen molar-refractivity contribution in [3.63, 3.8) is 0 Å². The zero-order chi connectivity index (χ0) is 18.9. The SMILES string of the molecule is CCCN1CC2(CCCc3ncc(C#Cc4cccc(F)c4)cc32)OC1=O. The van der Waals surface area contributed by atoms with Gasteiger partial charge < -0.3 is 9.64 Å². The maximum Gasteiger partial charge on any atom is 0.410 e. The van der Waals surface area contributed by atoms with Crippen molar-refractivity contribution in [2.45, 2.75) is 38.2 Å². The molecule has 1 amide bonds. The van der Waals surface area contributed by atoms with Gasteiger partial charge in [-0.25, -0.2) is 9.18 Å². The molecule has 4 nitrogen and oxygen atoms in total. The molecule has 0 N–H and O–H groups in total. The minimum absolute atomic E-state index is 0.249. The first-order valence-corrected chi connectivity index (χ1v) is 9.34. The summed E-state index contributed by atoms with van der Waals surface area (Å²) < 4.78 is 19.2. The largest absolute Gasteiger partial charge is 0.436 e. The highest BCUT2D eigenvalue weighted by Gasteiger charge is 2.48. The highest BCUT2D eigenvalue weighted by Crippen LogP contribution is 2.42. The van der Waals surface area contributed by atoms with Gasteiger partial charge in [-0.3, -0.25) is 4.98 Å². The average Bonchev–Trinajstić information content (AvgIpc) is 2.97. The van der Waals surface area contributed by atoms with Gasteiger partial charge in [-0.05, 0) is 49.9 Å². The van der Waals surface area contributed by atoms with Crippen LogP contribution in [0.2, 0.25) is 0 Å². The number of hydrogen-bond donors (Lipinski definition) is 0. The summed E-state index contributed by atoms with van der Waals surface area (Å²) in [5.41, 5.74) is 2.67. The van der Waals surface area contributed by atoms with E-state index in [2.05, 4.69) is 23.7 Å². The van der Waals surface area contributed by atoms with Crippen LogP contribution in [0.3, 0.4) is 0 Å². The number of hydrogen-bond acceptors (Lipinski definition) is 3. The van der Waals surface area contributed by atoms with E-state index in [1.54, 1.807) is 23.2 Å². The van der Waals surface area contributed by atoms with E-state index in [0.29, 0.717) is 18.7 Å². The van der Waals surface area contributed by atoms with Crippen molar-refractivity contribution in [2.75, 3.05) is 13.1 Å². The molecule has 1 aromatic carbocycles. The number of carbonyl (C=O) groups excluding carboxylic acids is 1. The lowest BCUT2D eigenvalue weighted by atomic mass is 9.81. The van der Waals surface area contributed by atoms with Crippen molar-refractivity contribution in [1.82, 2.24) is 9.88 Å². The Morgan fingerprint density at radius 1 is 1.30 bits per heavy atom. The lowest BCUT2D eigenvalue weighted by Crippen LogP contribution is -2.36. The molecule has 0 radical (unpaired) electrons. The lowest BCUT2D eigenvalue weighted by molar-refractivity contribution is 0.0389. The molecule has 1 spiro atoms. The minimum Gasteiger partial charge on any atom is -0.436 e. The van der Waals surface area contributed by atoms with Gasteiger partial charge in [0.1, 0.15) is 5.82 Å². The fourth-order valence-electron chi connectivity index (χ4n) is 3.89. The van der Waals surface area contributed by atoms with Crippen LogP contribution < -0.4 is 0 Å². The number of carbonyl (C=O) groups is 1. The number of amides is 1. The van der Waals surface area contributed by atoms with E-state index in [9.17, 15) is 9.18 Å². The van der Waals surface area contributed by atoms with Crippen molar-refractivity contribution >= 4 is 6.09 Å². The number of fused-ring (bicyclic) bond motifs is 2. The Bertz CT molecular complexity index is 947. The number of ether oxygens (including phenoxy) is 1. The summed E-state index contributed by atoms with van der Waals surface area (Å²) in [6.45, 7) is 3.31. The zero-order valence-corrected chi connectivity index (χ0v) is 15.3. The van der Waals surface area contributed by atoms with Crippen molar-refractivity contribution in [3.05, 3.63) is 64.7 Å². The van der Waals surface area contributed by atoms with Crippen molar-refractivity contribution in [1.29, 1.82) is 0 Å². The Hall–Kier alpha value is -2.87. The molecule has 2 heterocycles. The van der Waals surface area contributed by atoms with Crippen LogP contribution in [0.5, 0.6) is 0 Å². The fourth-order valence-corrected chi connectivity index (χ4v) is 3.89. The van der Waals surface area contributed by atoms with Crippen LogP contribution in [0.4, 0.5) is 9.18 Å². The van der Waals surface area contributed by atoms with Gasteiger partial charge in [0.15, 0.2) is 5.60 Å². The van der Waals surface area contributed by atoms with Crippen LogP contribution in [0.15, 0.2) is 36.5 Å². The summed E-state index contributed by atoms with van der Waals surface area (Å²) in [7, 11) is 0. The van der Waals surface area contributed by atoms with Crippen molar-refractivity contribution < 1.29 is 13.9 Å². The first kappa shape index (κ1) is 17.5. The number of benzene rings is 1. The van der Waals surface area contributed by atoms with Crippen LogP contribution >= 0.6 is 0 Å². The average molecular weight is 364 g/mol. The lowest BCUT2D eigenvalue weighted by Gasteiger charge is -2.32. The van der Waals surface area contributed by atoms with E-state index in [1.807, 2.05) is 6.07 Å². The molecular weight excluding hydrogens is 343 g/mol. The van der Waals surface area contributed by atoms with Gasteiger partial charge in [0.2, 0.25) is 0 Å². The highest BCUT2D eigenvalue weighted by molar-refractivity contribution is 5.71. The number of aryl methyl sites for hydroxylation is 1. The van der Waals surface area contributed by atoms with Gasteiger partial charge in [0, 0.05) is 35.1 Å². The molecule has 1 fully saturated rings. The third kappa shape index (κ3) is 3.40. The van der Waals surface area contributed by atoms with E-state index >= 15 is 0 Å². The molecule has 1 atom stereocenters. The van der Waals surface area contributed by atoms with Crippen molar-refractivity contribution in [2.24, 2.45) is 0 Å². The quantitative estimate of drug-likeness (QED) is 0.756. The van der Waals surface area contributed by atoms with E-state index < -0.39 is 5.60 Å². The normalized spacial score (nSPS) is 20.8. The zero-order valence-electron chi connectivity index (χ0n) is 15.3. The van der Waals surface area contributed by atoms with Crippen LogP contribution in [0.25, 0.3) is 0 Å². The second-order valence-electron chi connectivity index (χ2n) is 7.12. The molecule has 138 valence electrons. The Kier molecular flexibility index (Phi) is 4.57. The third-order valence-electron chi connectivity index (χ3n) is 5.11. The van der Waals surface area contributed by atoms with E-state index in [-0.39, 0.29) is 11.9 Å². The second-order valence-corrected chi connectivity index (χ2v) is 7.12. The molecule has 0 bridgehead atoms. The number of halogens is 1. The predicted octanol–water partition coefficient (Wildman–Crippen LogP) is 4.01. The smallest absolute Gasteiger partial charge is 0.410 e. The molecule has 5 heteroatoms. The Morgan fingerprint density at radius 2 is 2.15 bits per heavy atom. The van der Waals surface area contributed by atoms with Gasteiger partial charge in [-0.1, -0.05) is 24.8 Å². The Balaban J connectivity index is 1.67. The standard InChI is InChI=1S/C22H21FN2O2/c1-2-11-25-15-22(27-21(25)26)10-4-7-20-19(22)13-17(14-24-20)9-8-16-5-3-6-18(23)12-16/h3,5-6,12-14H,2,4,7,10-11,15H2,1H3. The van der Waals surface area contributed by atoms with Crippen LogP contribution in [0, 0.1) is 17.7 Å².